The molecular weight excluding hydrogens is 228 g/mol. The van der Waals surface area contributed by atoms with Gasteiger partial charge in [0.2, 0.25) is 5.91 Å². The molecule has 18 heavy (non-hydrogen) atoms. The van der Waals surface area contributed by atoms with Crippen molar-refractivity contribution in [1.82, 2.24) is 9.80 Å². The first-order valence-corrected chi connectivity index (χ1v) is 6.16. The van der Waals surface area contributed by atoms with Crippen LogP contribution in [-0.2, 0) is 4.79 Å². The Morgan fingerprint density at radius 2 is 1.83 bits per heavy atom. The lowest BCUT2D eigenvalue weighted by Crippen LogP contribution is -2.35. The molecule has 0 N–H and O–H groups in total. The van der Waals surface area contributed by atoms with Crippen molar-refractivity contribution in [2.45, 2.75) is 6.42 Å². The Kier molecular flexibility index (Phi) is 6.22. The number of hydrogen-bond donors (Lipinski definition) is 0. The van der Waals surface area contributed by atoms with E-state index in [0.29, 0.717) is 13.2 Å². The molecule has 0 spiro atoms. The number of carbonyl (C=O) groups excluding carboxylic acids is 1. The van der Waals surface area contributed by atoms with E-state index in [1.807, 2.05) is 42.3 Å². The summed E-state index contributed by atoms with van der Waals surface area (Å²) in [6.45, 7) is 1.98. The molecule has 1 amide bonds. The molecule has 0 aliphatic rings. The van der Waals surface area contributed by atoms with Crippen LogP contribution in [-0.4, -0.2) is 56.5 Å². The van der Waals surface area contributed by atoms with E-state index in [1.54, 1.807) is 19.0 Å². The lowest BCUT2D eigenvalue weighted by molar-refractivity contribution is -0.129. The Balaban J connectivity index is 2.12. The van der Waals surface area contributed by atoms with Crippen LogP contribution >= 0.6 is 0 Å². The molecule has 0 atom stereocenters. The summed E-state index contributed by atoms with van der Waals surface area (Å²) in [4.78, 5) is 15.1. The summed E-state index contributed by atoms with van der Waals surface area (Å²) in [6.07, 6.45) is 0.909. The second kappa shape index (κ2) is 7.71. The smallest absolute Gasteiger partial charge is 0.236 e. The van der Waals surface area contributed by atoms with E-state index in [9.17, 15) is 4.79 Å². The lowest BCUT2D eigenvalue weighted by atomic mass is 10.3. The largest absolute Gasteiger partial charge is 0.494 e. The van der Waals surface area contributed by atoms with Crippen molar-refractivity contribution in [3.8, 4) is 5.75 Å². The zero-order valence-corrected chi connectivity index (χ0v) is 11.4. The molecule has 1 rings (SSSR count). The molecule has 0 radical (unpaired) electrons. The van der Waals surface area contributed by atoms with Gasteiger partial charge in [-0.15, -0.1) is 0 Å². The zero-order valence-electron chi connectivity index (χ0n) is 11.4. The van der Waals surface area contributed by atoms with Gasteiger partial charge in [-0.2, -0.15) is 0 Å². The predicted molar refractivity (Wildman–Crippen MR) is 72.7 cm³/mol. The van der Waals surface area contributed by atoms with Crippen LogP contribution in [0.15, 0.2) is 30.3 Å². The van der Waals surface area contributed by atoms with Gasteiger partial charge in [-0.3, -0.25) is 9.69 Å². The molecule has 0 heterocycles. The monoisotopic (exact) mass is 250 g/mol. The van der Waals surface area contributed by atoms with E-state index in [4.69, 9.17) is 4.74 Å². The van der Waals surface area contributed by atoms with Crippen molar-refractivity contribution in [1.29, 1.82) is 0 Å². The minimum absolute atomic E-state index is 0.126. The van der Waals surface area contributed by atoms with Gasteiger partial charge >= 0.3 is 0 Å². The number of hydrogen-bond acceptors (Lipinski definition) is 3. The fourth-order valence-corrected chi connectivity index (χ4v) is 1.49. The fourth-order valence-electron chi connectivity index (χ4n) is 1.49. The first kappa shape index (κ1) is 14.5. The SMILES string of the molecule is CN(CCCOc1ccccc1)CC(=O)N(C)C. The van der Waals surface area contributed by atoms with Crippen molar-refractivity contribution in [2.75, 3.05) is 40.8 Å². The third-order valence-electron chi connectivity index (χ3n) is 2.60. The molecule has 4 nitrogen and oxygen atoms in total. The second-order valence-corrected chi connectivity index (χ2v) is 4.54. The average Bonchev–Trinajstić information content (AvgIpc) is 2.35. The Hall–Kier alpha value is -1.55. The van der Waals surface area contributed by atoms with Crippen molar-refractivity contribution in [3.05, 3.63) is 30.3 Å². The quantitative estimate of drug-likeness (QED) is 0.687. The summed E-state index contributed by atoms with van der Waals surface area (Å²) in [6, 6.07) is 9.76. The third-order valence-corrected chi connectivity index (χ3v) is 2.60. The highest BCUT2D eigenvalue weighted by molar-refractivity contribution is 5.77. The molecule has 0 aliphatic heterocycles. The standard InChI is InChI=1S/C14H22N2O2/c1-15(2)14(17)12-16(3)10-7-11-18-13-8-5-4-6-9-13/h4-6,8-9H,7,10-12H2,1-3H3. The number of rotatable bonds is 7. The molecule has 0 aliphatic carbocycles. The van der Waals surface area contributed by atoms with Crippen LogP contribution in [0.1, 0.15) is 6.42 Å². The first-order valence-electron chi connectivity index (χ1n) is 6.16. The number of likely N-dealkylation sites (N-methyl/N-ethyl adjacent to an activating group) is 2. The summed E-state index contributed by atoms with van der Waals surface area (Å²) < 4.78 is 5.59. The second-order valence-electron chi connectivity index (χ2n) is 4.54. The molecule has 0 bridgehead atoms. The molecule has 0 saturated carbocycles. The average molecular weight is 250 g/mol. The van der Waals surface area contributed by atoms with Gasteiger partial charge in [0, 0.05) is 20.6 Å². The van der Waals surface area contributed by atoms with E-state index >= 15 is 0 Å². The number of para-hydroxylation sites is 1. The summed E-state index contributed by atoms with van der Waals surface area (Å²) in [5, 5.41) is 0. The van der Waals surface area contributed by atoms with Gasteiger partial charge in [0.1, 0.15) is 5.75 Å². The van der Waals surface area contributed by atoms with Crippen LogP contribution in [0.4, 0.5) is 0 Å². The Morgan fingerprint density at radius 1 is 1.17 bits per heavy atom. The molecule has 0 aromatic heterocycles. The van der Waals surface area contributed by atoms with Crippen molar-refractivity contribution < 1.29 is 9.53 Å². The predicted octanol–water partition coefficient (Wildman–Crippen LogP) is 1.48. The number of benzene rings is 1. The van der Waals surface area contributed by atoms with E-state index in [-0.39, 0.29) is 5.91 Å². The van der Waals surface area contributed by atoms with Crippen LogP contribution in [0.3, 0.4) is 0 Å². The van der Waals surface area contributed by atoms with Gasteiger partial charge < -0.3 is 9.64 Å². The van der Waals surface area contributed by atoms with Crippen LogP contribution in [0.5, 0.6) is 5.75 Å². The van der Waals surface area contributed by atoms with E-state index in [2.05, 4.69) is 0 Å². The van der Waals surface area contributed by atoms with Gasteiger partial charge in [0.05, 0.1) is 13.2 Å². The Labute approximate surface area is 109 Å². The fraction of sp³-hybridized carbons (Fsp3) is 0.500. The lowest BCUT2D eigenvalue weighted by Gasteiger charge is -2.18. The zero-order chi connectivity index (χ0) is 13.4. The summed E-state index contributed by atoms with van der Waals surface area (Å²) in [5.74, 6) is 1.02. The molecule has 0 saturated heterocycles. The molecule has 4 heteroatoms. The minimum atomic E-state index is 0.126. The minimum Gasteiger partial charge on any atom is -0.494 e. The highest BCUT2D eigenvalue weighted by Gasteiger charge is 2.07. The third kappa shape index (κ3) is 5.68. The molecular formula is C14H22N2O2. The van der Waals surface area contributed by atoms with Gasteiger partial charge in [-0.05, 0) is 25.6 Å². The normalized spacial score (nSPS) is 10.4. The molecule has 0 unspecified atom stereocenters. The summed E-state index contributed by atoms with van der Waals surface area (Å²) in [7, 11) is 5.49. The van der Waals surface area contributed by atoms with Gasteiger partial charge in [0.15, 0.2) is 0 Å². The van der Waals surface area contributed by atoms with Crippen LogP contribution in [0.25, 0.3) is 0 Å². The van der Waals surface area contributed by atoms with Crippen molar-refractivity contribution in [3.63, 3.8) is 0 Å². The van der Waals surface area contributed by atoms with Gasteiger partial charge in [0.25, 0.3) is 0 Å². The maximum absolute atomic E-state index is 11.5. The number of carbonyl (C=O) groups is 1. The van der Waals surface area contributed by atoms with Gasteiger partial charge in [-0.1, -0.05) is 18.2 Å². The maximum Gasteiger partial charge on any atom is 0.236 e. The van der Waals surface area contributed by atoms with Crippen LogP contribution < -0.4 is 4.74 Å². The Bertz CT molecular complexity index is 352. The van der Waals surface area contributed by atoms with Crippen molar-refractivity contribution in [2.24, 2.45) is 0 Å². The highest BCUT2D eigenvalue weighted by Crippen LogP contribution is 2.08. The van der Waals surface area contributed by atoms with Crippen molar-refractivity contribution >= 4 is 5.91 Å². The number of nitrogens with zero attached hydrogens (tertiary/aromatic N) is 2. The Morgan fingerprint density at radius 3 is 2.44 bits per heavy atom. The van der Waals surface area contributed by atoms with Gasteiger partial charge in [-0.25, -0.2) is 0 Å². The van der Waals surface area contributed by atoms with E-state index in [1.165, 1.54) is 0 Å². The first-order chi connectivity index (χ1) is 8.59. The molecule has 1 aromatic rings. The summed E-state index contributed by atoms with van der Waals surface area (Å²) >= 11 is 0. The topological polar surface area (TPSA) is 32.8 Å². The molecule has 1 aromatic carbocycles. The number of amides is 1. The number of ether oxygens (including phenoxy) is 1. The van der Waals surface area contributed by atoms with Crippen LogP contribution in [0, 0.1) is 0 Å². The molecule has 100 valence electrons. The van der Waals surface area contributed by atoms with E-state index < -0.39 is 0 Å². The molecule has 0 fully saturated rings. The highest BCUT2D eigenvalue weighted by atomic mass is 16.5. The van der Waals surface area contributed by atoms with E-state index in [0.717, 1.165) is 18.7 Å². The maximum atomic E-state index is 11.5. The summed E-state index contributed by atoms with van der Waals surface area (Å²) in [5.41, 5.74) is 0. The van der Waals surface area contributed by atoms with Crippen LogP contribution in [0.2, 0.25) is 0 Å².